The van der Waals surface area contributed by atoms with Gasteiger partial charge in [-0.25, -0.2) is 0 Å². The first-order valence-corrected chi connectivity index (χ1v) is 7.23. The fourth-order valence-electron chi connectivity index (χ4n) is 3.31. The maximum Gasteiger partial charge on any atom is 0.0283 e. The summed E-state index contributed by atoms with van der Waals surface area (Å²) in [7, 11) is 0. The van der Waals surface area contributed by atoms with Crippen LogP contribution in [-0.2, 0) is 0 Å². The van der Waals surface area contributed by atoms with Gasteiger partial charge >= 0.3 is 0 Å². The number of nitrogens with zero attached hydrogens (tertiary/aromatic N) is 1. The van der Waals surface area contributed by atoms with Gasteiger partial charge in [-0.1, -0.05) is 19.8 Å². The minimum Gasteiger partial charge on any atom is -0.324 e. The summed E-state index contributed by atoms with van der Waals surface area (Å²) in [5.41, 5.74) is 6.52. The molecule has 16 heavy (non-hydrogen) atoms. The molecule has 1 saturated heterocycles. The minimum atomic E-state index is 0.185. The SMILES string of the molecule is CCCC1CCCN(CC2(N)CCC2)CC1. The molecule has 0 aromatic heterocycles. The fraction of sp³-hybridized carbons (Fsp3) is 1.00. The molecule has 1 atom stereocenters. The first-order chi connectivity index (χ1) is 7.72. The second-order valence-corrected chi connectivity index (χ2v) is 6.08. The van der Waals surface area contributed by atoms with Crippen LogP contribution in [-0.4, -0.2) is 30.1 Å². The maximum atomic E-state index is 6.34. The highest BCUT2D eigenvalue weighted by molar-refractivity contribution is 4.95. The number of hydrogen-bond donors (Lipinski definition) is 1. The lowest BCUT2D eigenvalue weighted by molar-refractivity contribution is 0.146. The normalized spacial score (nSPS) is 30.8. The van der Waals surface area contributed by atoms with Crippen molar-refractivity contribution in [3.8, 4) is 0 Å². The fourth-order valence-corrected chi connectivity index (χ4v) is 3.31. The zero-order valence-electron chi connectivity index (χ0n) is 10.9. The summed E-state index contributed by atoms with van der Waals surface area (Å²) in [5.74, 6) is 0.991. The standard InChI is InChI=1S/C14H28N2/c1-2-5-13-6-3-10-16(11-7-13)12-14(15)8-4-9-14/h13H,2-12,15H2,1H3. The van der Waals surface area contributed by atoms with E-state index in [0.717, 1.165) is 12.5 Å². The quantitative estimate of drug-likeness (QED) is 0.795. The summed E-state index contributed by atoms with van der Waals surface area (Å²) in [6.07, 6.45) is 10.9. The summed E-state index contributed by atoms with van der Waals surface area (Å²) < 4.78 is 0. The van der Waals surface area contributed by atoms with E-state index in [-0.39, 0.29) is 5.54 Å². The van der Waals surface area contributed by atoms with Crippen molar-refractivity contribution in [1.29, 1.82) is 0 Å². The molecule has 1 heterocycles. The molecule has 1 unspecified atom stereocenters. The van der Waals surface area contributed by atoms with Crippen LogP contribution in [0.1, 0.15) is 58.3 Å². The van der Waals surface area contributed by atoms with Gasteiger partial charge in [0.25, 0.3) is 0 Å². The van der Waals surface area contributed by atoms with Gasteiger partial charge in [-0.15, -0.1) is 0 Å². The van der Waals surface area contributed by atoms with Crippen molar-refractivity contribution < 1.29 is 0 Å². The highest BCUT2D eigenvalue weighted by atomic mass is 15.1. The van der Waals surface area contributed by atoms with Crippen molar-refractivity contribution in [2.45, 2.75) is 63.8 Å². The Balaban J connectivity index is 1.75. The first kappa shape index (κ1) is 12.4. The highest BCUT2D eigenvalue weighted by Gasteiger charge is 2.34. The molecular weight excluding hydrogens is 196 g/mol. The Morgan fingerprint density at radius 2 is 2.00 bits per heavy atom. The number of rotatable bonds is 4. The third-order valence-corrected chi connectivity index (χ3v) is 4.53. The highest BCUT2D eigenvalue weighted by Crippen LogP contribution is 2.31. The Hall–Kier alpha value is -0.0800. The average Bonchev–Trinajstić information content (AvgIpc) is 2.43. The van der Waals surface area contributed by atoms with Crippen LogP contribution in [0, 0.1) is 5.92 Å². The van der Waals surface area contributed by atoms with E-state index >= 15 is 0 Å². The summed E-state index contributed by atoms with van der Waals surface area (Å²) in [4.78, 5) is 2.63. The van der Waals surface area contributed by atoms with Crippen molar-refractivity contribution in [2.75, 3.05) is 19.6 Å². The Labute approximate surface area is 101 Å². The molecular formula is C14H28N2. The van der Waals surface area contributed by atoms with E-state index in [9.17, 15) is 0 Å². The van der Waals surface area contributed by atoms with Gasteiger partial charge in [0.1, 0.15) is 0 Å². The van der Waals surface area contributed by atoms with E-state index in [0.29, 0.717) is 0 Å². The van der Waals surface area contributed by atoms with Crippen molar-refractivity contribution >= 4 is 0 Å². The minimum absolute atomic E-state index is 0.185. The van der Waals surface area contributed by atoms with Gasteiger partial charge in [0.2, 0.25) is 0 Å². The number of hydrogen-bond acceptors (Lipinski definition) is 2. The van der Waals surface area contributed by atoms with Gasteiger partial charge in [-0.05, 0) is 57.5 Å². The average molecular weight is 224 g/mol. The van der Waals surface area contributed by atoms with Crippen LogP contribution in [0.3, 0.4) is 0 Å². The lowest BCUT2D eigenvalue weighted by atomic mass is 9.77. The first-order valence-electron chi connectivity index (χ1n) is 7.23. The second-order valence-electron chi connectivity index (χ2n) is 6.08. The molecule has 2 nitrogen and oxygen atoms in total. The lowest BCUT2D eigenvalue weighted by Crippen LogP contribution is -2.55. The second kappa shape index (κ2) is 5.50. The van der Waals surface area contributed by atoms with Gasteiger partial charge in [0.15, 0.2) is 0 Å². The van der Waals surface area contributed by atoms with Crippen molar-refractivity contribution in [1.82, 2.24) is 4.90 Å². The van der Waals surface area contributed by atoms with Crippen molar-refractivity contribution in [2.24, 2.45) is 11.7 Å². The van der Waals surface area contributed by atoms with Gasteiger partial charge in [0.05, 0.1) is 0 Å². The molecule has 2 N–H and O–H groups in total. The molecule has 1 saturated carbocycles. The van der Waals surface area contributed by atoms with Crippen LogP contribution in [0.25, 0.3) is 0 Å². The molecule has 1 aliphatic heterocycles. The van der Waals surface area contributed by atoms with E-state index in [1.165, 1.54) is 64.5 Å². The van der Waals surface area contributed by atoms with Crippen LogP contribution in [0.2, 0.25) is 0 Å². The predicted octanol–water partition coefficient (Wildman–Crippen LogP) is 2.77. The summed E-state index contributed by atoms with van der Waals surface area (Å²) in [6.45, 7) is 6.06. The number of nitrogens with two attached hydrogens (primary N) is 1. The molecule has 94 valence electrons. The third kappa shape index (κ3) is 3.21. The van der Waals surface area contributed by atoms with Crippen LogP contribution < -0.4 is 5.73 Å². The topological polar surface area (TPSA) is 29.3 Å². The smallest absolute Gasteiger partial charge is 0.0283 e. The zero-order valence-corrected chi connectivity index (χ0v) is 10.9. The molecule has 2 aliphatic rings. The van der Waals surface area contributed by atoms with Gasteiger partial charge < -0.3 is 10.6 Å². The molecule has 0 radical (unpaired) electrons. The largest absolute Gasteiger partial charge is 0.324 e. The summed E-state index contributed by atoms with van der Waals surface area (Å²) >= 11 is 0. The number of likely N-dealkylation sites (tertiary alicyclic amines) is 1. The summed E-state index contributed by atoms with van der Waals surface area (Å²) in [5, 5.41) is 0. The lowest BCUT2D eigenvalue weighted by Gasteiger charge is -2.41. The predicted molar refractivity (Wildman–Crippen MR) is 69.5 cm³/mol. The third-order valence-electron chi connectivity index (χ3n) is 4.53. The molecule has 0 aromatic rings. The molecule has 0 aromatic carbocycles. The molecule has 2 heteroatoms. The van der Waals surface area contributed by atoms with Gasteiger partial charge in [-0.2, -0.15) is 0 Å². The van der Waals surface area contributed by atoms with Crippen molar-refractivity contribution in [3.05, 3.63) is 0 Å². The van der Waals surface area contributed by atoms with E-state index in [2.05, 4.69) is 11.8 Å². The molecule has 0 bridgehead atoms. The van der Waals surface area contributed by atoms with Crippen molar-refractivity contribution in [3.63, 3.8) is 0 Å². The zero-order chi connectivity index (χ0) is 11.4. The van der Waals surface area contributed by atoms with E-state index in [1.54, 1.807) is 0 Å². The Morgan fingerprint density at radius 1 is 1.19 bits per heavy atom. The van der Waals surface area contributed by atoms with Crippen LogP contribution in [0.4, 0.5) is 0 Å². The van der Waals surface area contributed by atoms with E-state index < -0.39 is 0 Å². The van der Waals surface area contributed by atoms with E-state index in [4.69, 9.17) is 5.73 Å². The Morgan fingerprint density at radius 3 is 2.62 bits per heavy atom. The molecule has 2 rings (SSSR count). The van der Waals surface area contributed by atoms with Gasteiger partial charge in [-0.3, -0.25) is 0 Å². The maximum absolute atomic E-state index is 6.34. The van der Waals surface area contributed by atoms with E-state index in [1.807, 2.05) is 0 Å². The van der Waals surface area contributed by atoms with Crippen LogP contribution in [0.15, 0.2) is 0 Å². The summed E-state index contributed by atoms with van der Waals surface area (Å²) in [6, 6.07) is 0. The molecule has 0 spiro atoms. The molecule has 2 fully saturated rings. The monoisotopic (exact) mass is 224 g/mol. The van der Waals surface area contributed by atoms with Crippen LogP contribution >= 0.6 is 0 Å². The Kier molecular flexibility index (Phi) is 4.26. The Bertz CT molecular complexity index is 211. The van der Waals surface area contributed by atoms with Crippen LogP contribution in [0.5, 0.6) is 0 Å². The van der Waals surface area contributed by atoms with Gasteiger partial charge in [0, 0.05) is 12.1 Å². The molecule has 0 amide bonds. The molecule has 1 aliphatic carbocycles.